The van der Waals surface area contributed by atoms with Crippen molar-refractivity contribution in [3.05, 3.63) is 179 Å². The van der Waals surface area contributed by atoms with Crippen LogP contribution in [0.1, 0.15) is 75.9 Å². The van der Waals surface area contributed by atoms with Gasteiger partial charge in [0.05, 0.1) is 34.3 Å². The molecule has 0 aliphatic heterocycles. The molecule has 0 saturated heterocycles. The molecule has 0 nitrogen and oxygen atoms in total. The molecule has 49 heavy (non-hydrogen) atoms. The minimum atomic E-state index is -1.41. The molecule has 10 rings (SSSR count). The summed E-state index contributed by atoms with van der Waals surface area (Å²) in [5.41, 5.74) is -5.34. The van der Waals surface area contributed by atoms with E-state index < -0.39 is 205 Å². The first-order valence-electron chi connectivity index (χ1n) is 28.0. The topological polar surface area (TPSA) is 0 Å². The summed E-state index contributed by atoms with van der Waals surface area (Å²) in [6, 6.07) is -19.0. The van der Waals surface area contributed by atoms with Crippen LogP contribution in [0.4, 0.5) is 0 Å². The molecule has 8 aromatic carbocycles. The lowest BCUT2D eigenvalue weighted by Crippen LogP contribution is -2.14. The Hall–Kier alpha value is -5.72. The van der Waals surface area contributed by atoms with E-state index in [0.29, 0.717) is 0 Å². The average Bonchev–Trinajstić information content (AvgIpc) is 3.88. The Balaban J connectivity index is 1.46. The van der Waals surface area contributed by atoms with Gasteiger partial charge < -0.3 is 0 Å². The highest BCUT2D eigenvalue weighted by atomic mass is 14.4. The fraction of sp³-hybridized carbons (Fsp3) is 0.102. The maximum Gasteiger partial charge on any atom is 0.0636 e. The van der Waals surface area contributed by atoms with Crippen LogP contribution in [0.15, 0.2) is 151 Å². The van der Waals surface area contributed by atoms with E-state index in [1.165, 1.54) is 6.92 Å². The van der Waals surface area contributed by atoms with Gasteiger partial charge in [-0.3, -0.25) is 0 Å². The largest absolute Gasteiger partial charge is 0.0636 e. The summed E-state index contributed by atoms with van der Waals surface area (Å²) in [7, 11) is 0. The van der Waals surface area contributed by atoms with E-state index in [9.17, 15) is 16.4 Å². The molecule has 8 aromatic rings. The van der Waals surface area contributed by atoms with Gasteiger partial charge in [-0.1, -0.05) is 153 Å². The van der Waals surface area contributed by atoms with E-state index in [1.807, 2.05) is 0 Å². The van der Waals surface area contributed by atoms with Crippen molar-refractivity contribution in [3.63, 3.8) is 0 Å². The first-order valence-corrected chi connectivity index (χ1v) is 15.5. The highest BCUT2D eigenvalue weighted by molar-refractivity contribution is 6.22. The lowest BCUT2D eigenvalue weighted by atomic mass is 9.82. The molecule has 0 bridgehead atoms. The molecule has 0 radical (unpaired) electrons. The number of rotatable bonds is 3. The molecule has 0 unspecified atom stereocenters. The third-order valence-electron chi connectivity index (χ3n) is 9.50. The van der Waals surface area contributed by atoms with Gasteiger partial charge in [-0.25, -0.2) is 0 Å². The summed E-state index contributed by atoms with van der Waals surface area (Å²) in [6.45, 7) is 4.61. The zero-order valence-electron chi connectivity index (χ0n) is 51.2. The van der Waals surface area contributed by atoms with Crippen molar-refractivity contribution in [2.45, 2.75) is 32.6 Å². The molecule has 2 aliphatic carbocycles. The molecular formula is C49H36. The lowest BCUT2D eigenvalue weighted by molar-refractivity contribution is 0.660. The van der Waals surface area contributed by atoms with Gasteiger partial charge in [-0.2, -0.15) is 0 Å². The Bertz CT molecular complexity index is 4000. The van der Waals surface area contributed by atoms with E-state index in [0.717, 1.165) is 0 Å². The first-order chi connectivity index (χ1) is 34.4. The van der Waals surface area contributed by atoms with Crippen LogP contribution in [-0.4, -0.2) is 0 Å². The Morgan fingerprint density at radius 1 is 0.449 bits per heavy atom. The number of fused-ring (bicyclic) bond motifs is 8. The van der Waals surface area contributed by atoms with Crippen LogP contribution >= 0.6 is 0 Å². The molecule has 0 spiro atoms. The molecule has 232 valence electrons. The van der Waals surface area contributed by atoms with Crippen molar-refractivity contribution in [3.8, 4) is 55.6 Å². The Labute approximate surface area is 323 Å². The van der Waals surface area contributed by atoms with Crippen molar-refractivity contribution in [1.29, 1.82) is 0 Å². The van der Waals surface area contributed by atoms with Gasteiger partial charge in [0, 0.05) is 5.41 Å². The summed E-state index contributed by atoms with van der Waals surface area (Å²) in [5.74, 6) is 0. The van der Waals surface area contributed by atoms with Gasteiger partial charge in [-0.05, 0) is 130 Å². The number of hydrogen-bond donors (Lipinski definition) is 0. The molecule has 0 fully saturated rings. The van der Waals surface area contributed by atoms with E-state index in [2.05, 4.69) is 0 Å². The van der Waals surface area contributed by atoms with Gasteiger partial charge in [-0.15, -0.1) is 0 Å². The van der Waals surface area contributed by atoms with Crippen molar-refractivity contribution in [2.24, 2.45) is 0 Å². The Morgan fingerprint density at radius 2 is 1.02 bits per heavy atom. The quantitative estimate of drug-likeness (QED) is 0.167. The van der Waals surface area contributed by atoms with Crippen molar-refractivity contribution in [1.82, 2.24) is 0 Å². The van der Waals surface area contributed by atoms with Crippen molar-refractivity contribution in [2.75, 3.05) is 0 Å². The fourth-order valence-corrected chi connectivity index (χ4v) is 7.18. The summed E-state index contributed by atoms with van der Waals surface area (Å²) >= 11 is 0. The maximum absolute atomic E-state index is 9.99. The second-order valence-electron chi connectivity index (χ2n) is 12.5. The van der Waals surface area contributed by atoms with Gasteiger partial charge in [0.1, 0.15) is 0 Å². The van der Waals surface area contributed by atoms with Crippen LogP contribution in [-0.2, 0) is 11.8 Å². The Morgan fingerprint density at radius 3 is 1.80 bits per heavy atom. The van der Waals surface area contributed by atoms with E-state index in [-0.39, 0.29) is 62.5 Å². The highest BCUT2D eigenvalue weighted by Gasteiger charge is 2.35. The SMILES string of the molecule is [2H]c1c([2H])c(-c2c([2H])c([2H])c3c(c2[2H])-c2c([2H])c([2H])c([2H])c([2H])c2C3(C)C)c([2H])c(-c2c3c([2H])c([2H])c([2H])c([2H])c3c(-c3c([2H])c([2H])c([2H])c4c3-c3c([2H])c([2H])c([2H])c(C)c3C4)c3c([2H])c([2H])c([2H])c([2H])c23)c1[2H]. The van der Waals surface area contributed by atoms with Gasteiger partial charge in [0.2, 0.25) is 0 Å². The van der Waals surface area contributed by atoms with Gasteiger partial charge in [0.15, 0.2) is 0 Å². The molecule has 0 heteroatoms. The lowest BCUT2D eigenvalue weighted by Gasteiger charge is -2.21. The molecular weight excluding hydrogens is 589 g/mol. The predicted molar refractivity (Wildman–Crippen MR) is 208 cm³/mol. The third-order valence-corrected chi connectivity index (χ3v) is 9.50. The Kier molecular flexibility index (Phi) is 2.75. The molecule has 0 saturated carbocycles. The summed E-state index contributed by atoms with van der Waals surface area (Å²) in [5, 5.41) is -2.49. The minimum Gasteiger partial charge on any atom is -0.0619 e. The van der Waals surface area contributed by atoms with Crippen molar-refractivity contribution >= 4 is 21.5 Å². The summed E-state index contributed by atoms with van der Waals surface area (Å²) in [4.78, 5) is 0. The molecule has 2 aliphatic rings. The molecule has 0 N–H and O–H groups in total. The highest BCUT2D eigenvalue weighted by Crippen LogP contribution is 2.51. The average molecular weight is 650 g/mol. The zero-order valence-corrected chi connectivity index (χ0v) is 26.2. The fourth-order valence-electron chi connectivity index (χ4n) is 7.18. The normalized spacial score (nSPS) is 20.8. The molecule has 0 amide bonds. The van der Waals surface area contributed by atoms with E-state index >= 15 is 0 Å². The van der Waals surface area contributed by atoms with Crippen LogP contribution in [0.2, 0.25) is 0 Å². The van der Waals surface area contributed by atoms with Crippen LogP contribution in [0.5, 0.6) is 0 Å². The molecule has 0 atom stereocenters. The predicted octanol–water partition coefficient (Wildman–Crippen LogP) is 13.2. The number of hydrogen-bond acceptors (Lipinski definition) is 0. The molecule has 0 aromatic heterocycles. The second kappa shape index (κ2) is 10.4. The van der Waals surface area contributed by atoms with Crippen LogP contribution in [0.3, 0.4) is 0 Å². The zero-order chi connectivity index (χ0) is 54.6. The third kappa shape index (κ3) is 4.04. The number of benzene rings is 8. The standard InChI is InChI=1S/C49H36/c1-30-13-10-22-40-42(30)29-34-16-12-23-41(47(34)40)48-38-20-6-4-18-36(38)46(37-19-5-7-21-39(37)48)33-15-11-14-31(27-33)32-25-26-45-43(28-32)35-17-8-9-24-44(35)49(45,2)3/h4-28H,29H2,1-3H3/i4D,5D,6D,7D,8D,9D,10D,11D,12D,13D,14D,15D,16D,17D,18D,19D,20D,21D,22D,23D,24D,25D,26D,27D,28D. The summed E-state index contributed by atoms with van der Waals surface area (Å²) in [6.07, 6.45) is -0.194. The van der Waals surface area contributed by atoms with Crippen molar-refractivity contribution < 1.29 is 34.3 Å². The maximum atomic E-state index is 9.99. The molecule has 0 heterocycles. The summed E-state index contributed by atoms with van der Waals surface area (Å²) < 4.78 is 230. The second-order valence-corrected chi connectivity index (χ2v) is 12.5. The van der Waals surface area contributed by atoms with Gasteiger partial charge >= 0.3 is 0 Å². The van der Waals surface area contributed by atoms with E-state index in [4.69, 9.17) is 17.8 Å². The smallest absolute Gasteiger partial charge is 0.0619 e. The monoisotopic (exact) mass is 649 g/mol. The minimum absolute atomic E-state index is 0.00847. The first kappa shape index (κ1) is 13.0. The van der Waals surface area contributed by atoms with Gasteiger partial charge in [0.25, 0.3) is 0 Å². The van der Waals surface area contributed by atoms with Crippen LogP contribution < -0.4 is 0 Å². The van der Waals surface area contributed by atoms with Crippen LogP contribution in [0, 0.1) is 6.92 Å². The van der Waals surface area contributed by atoms with E-state index in [1.54, 1.807) is 13.8 Å². The van der Waals surface area contributed by atoms with Crippen LogP contribution in [0.25, 0.3) is 77.2 Å².